The first-order valence-electron chi connectivity index (χ1n) is 12.3. The standard InChI is InChI=1S/C27H37Cl2N3O2/c1-4-5-18-34-22-9-6-8-20(19-22)12-13-25(23-10-7-11-24(28)26(23)29)30-27(33)32(3)21-14-16-31(2)17-15-21/h6-11,19,21,25H,4-5,12-18H2,1-3H3,(H,30,33). The van der Waals surface area contributed by atoms with Crippen molar-refractivity contribution in [3.05, 3.63) is 63.6 Å². The molecule has 1 atom stereocenters. The van der Waals surface area contributed by atoms with Gasteiger partial charge >= 0.3 is 6.03 Å². The van der Waals surface area contributed by atoms with E-state index in [9.17, 15) is 4.79 Å². The first-order valence-corrected chi connectivity index (χ1v) is 13.0. The maximum atomic E-state index is 13.2. The van der Waals surface area contributed by atoms with Gasteiger partial charge in [-0.3, -0.25) is 0 Å². The molecule has 1 saturated heterocycles. The van der Waals surface area contributed by atoms with Crippen molar-refractivity contribution in [3.8, 4) is 5.75 Å². The molecule has 1 heterocycles. The number of likely N-dealkylation sites (tertiary alicyclic amines) is 1. The summed E-state index contributed by atoms with van der Waals surface area (Å²) in [6.45, 7) is 4.88. The van der Waals surface area contributed by atoms with Crippen molar-refractivity contribution in [2.24, 2.45) is 0 Å². The quantitative estimate of drug-likeness (QED) is 0.370. The van der Waals surface area contributed by atoms with E-state index in [4.69, 9.17) is 27.9 Å². The van der Waals surface area contributed by atoms with Crippen LogP contribution in [0.15, 0.2) is 42.5 Å². The van der Waals surface area contributed by atoms with Crippen molar-refractivity contribution >= 4 is 29.2 Å². The van der Waals surface area contributed by atoms with Crippen molar-refractivity contribution in [1.82, 2.24) is 15.1 Å². The van der Waals surface area contributed by atoms with Crippen LogP contribution in [0.3, 0.4) is 0 Å². The van der Waals surface area contributed by atoms with Crippen LogP contribution in [0.1, 0.15) is 56.2 Å². The Kier molecular flexibility index (Phi) is 10.4. The molecule has 7 heteroatoms. The molecule has 1 fully saturated rings. The number of benzene rings is 2. The Labute approximate surface area is 214 Å². The van der Waals surface area contributed by atoms with E-state index in [1.807, 2.05) is 36.2 Å². The number of amides is 2. The van der Waals surface area contributed by atoms with Gasteiger partial charge in [0.25, 0.3) is 0 Å². The molecule has 0 aromatic heterocycles. The van der Waals surface area contributed by atoms with Crippen molar-refractivity contribution in [2.75, 3.05) is 33.8 Å². The third-order valence-corrected chi connectivity index (χ3v) is 7.43. The maximum Gasteiger partial charge on any atom is 0.317 e. The fourth-order valence-electron chi connectivity index (χ4n) is 4.33. The van der Waals surface area contributed by atoms with Crippen LogP contribution >= 0.6 is 23.2 Å². The summed E-state index contributed by atoms with van der Waals surface area (Å²) in [5.41, 5.74) is 2.00. The molecule has 1 aliphatic rings. The number of carbonyl (C=O) groups is 1. The van der Waals surface area contributed by atoms with Crippen molar-refractivity contribution in [2.45, 2.75) is 57.5 Å². The van der Waals surface area contributed by atoms with Gasteiger partial charge in [0, 0.05) is 13.1 Å². The van der Waals surface area contributed by atoms with Crippen LogP contribution in [0, 0.1) is 0 Å². The number of ether oxygens (including phenoxy) is 1. The number of piperidine rings is 1. The monoisotopic (exact) mass is 505 g/mol. The molecule has 3 rings (SSSR count). The Morgan fingerprint density at radius 2 is 1.94 bits per heavy atom. The number of hydrogen-bond acceptors (Lipinski definition) is 3. The average Bonchev–Trinajstić information content (AvgIpc) is 2.84. The molecule has 0 saturated carbocycles. The van der Waals surface area contributed by atoms with Gasteiger partial charge in [0.2, 0.25) is 0 Å². The Hall–Kier alpha value is -1.95. The normalized spacial score (nSPS) is 15.7. The largest absolute Gasteiger partial charge is 0.494 e. The van der Waals surface area contributed by atoms with Gasteiger partial charge in [-0.25, -0.2) is 4.79 Å². The van der Waals surface area contributed by atoms with Gasteiger partial charge in [-0.1, -0.05) is 60.8 Å². The Bertz CT molecular complexity index is 932. The minimum atomic E-state index is -0.253. The number of carbonyl (C=O) groups excluding carboxylic acids is 1. The molecule has 1 unspecified atom stereocenters. The lowest BCUT2D eigenvalue weighted by Crippen LogP contribution is -2.48. The average molecular weight is 507 g/mol. The molecule has 0 aliphatic carbocycles. The summed E-state index contributed by atoms with van der Waals surface area (Å²) in [6, 6.07) is 13.7. The van der Waals surface area contributed by atoms with Gasteiger partial charge in [-0.15, -0.1) is 0 Å². The highest BCUT2D eigenvalue weighted by Crippen LogP contribution is 2.32. The number of nitrogens with zero attached hydrogens (tertiary/aromatic N) is 2. The summed E-state index contributed by atoms with van der Waals surface area (Å²) in [7, 11) is 4.01. The Morgan fingerprint density at radius 1 is 1.21 bits per heavy atom. The lowest BCUT2D eigenvalue weighted by molar-refractivity contribution is 0.145. The molecule has 34 heavy (non-hydrogen) atoms. The summed E-state index contributed by atoms with van der Waals surface area (Å²) in [5, 5.41) is 4.22. The molecule has 1 aliphatic heterocycles. The molecule has 186 valence electrons. The van der Waals surface area contributed by atoms with Crippen molar-refractivity contribution < 1.29 is 9.53 Å². The molecule has 1 N–H and O–H groups in total. The maximum absolute atomic E-state index is 13.2. The van der Waals surface area contributed by atoms with E-state index >= 15 is 0 Å². The molecular weight excluding hydrogens is 469 g/mol. The van der Waals surface area contributed by atoms with Crippen LogP contribution in [0.2, 0.25) is 10.0 Å². The lowest BCUT2D eigenvalue weighted by atomic mass is 9.98. The van der Waals surface area contributed by atoms with Crippen LogP contribution in [-0.2, 0) is 6.42 Å². The van der Waals surface area contributed by atoms with E-state index in [-0.39, 0.29) is 18.1 Å². The number of unbranched alkanes of at least 4 members (excludes halogenated alkanes) is 1. The number of urea groups is 1. The predicted octanol–water partition coefficient (Wildman–Crippen LogP) is 6.58. The first-order chi connectivity index (χ1) is 16.4. The second kappa shape index (κ2) is 13.2. The van der Waals surface area contributed by atoms with Crippen LogP contribution < -0.4 is 10.1 Å². The summed E-state index contributed by atoms with van der Waals surface area (Å²) in [5.74, 6) is 0.884. The van der Waals surface area contributed by atoms with Crippen LogP contribution in [0.25, 0.3) is 0 Å². The van der Waals surface area contributed by atoms with E-state index in [1.165, 1.54) is 0 Å². The zero-order valence-electron chi connectivity index (χ0n) is 20.5. The second-order valence-corrected chi connectivity index (χ2v) is 9.96. The minimum Gasteiger partial charge on any atom is -0.494 e. The van der Waals surface area contributed by atoms with E-state index in [2.05, 4.69) is 36.3 Å². The highest BCUT2D eigenvalue weighted by Gasteiger charge is 2.26. The molecule has 0 bridgehead atoms. The summed E-state index contributed by atoms with van der Waals surface area (Å²) in [6.07, 6.45) is 5.58. The number of halogens is 2. The summed E-state index contributed by atoms with van der Waals surface area (Å²) in [4.78, 5) is 17.4. The van der Waals surface area contributed by atoms with Gasteiger partial charge in [0.05, 0.1) is 22.7 Å². The molecule has 0 spiro atoms. The van der Waals surface area contributed by atoms with Crippen molar-refractivity contribution in [1.29, 1.82) is 0 Å². The van der Waals surface area contributed by atoms with E-state index in [1.54, 1.807) is 6.07 Å². The van der Waals surface area contributed by atoms with Gasteiger partial charge in [0.15, 0.2) is 0 Å². The number of nitrogens with one attached hydrogen (secondary N) is 1. The highest BCUT2D eigenvalue weighted by molar-refractivity contribution is 6.42. The van der Waals surface area contributed by atoms with Gasteiger partial charge < -0.3 is 19.9 Å². The third kappa shape index (κ3) is 7.53. The molecule has 2 aromatic rings. The van der Waals surface area contributed by atoms with Crippen LogP contribution in [-0.4, -0.2) is 55.7 Å². The first kappa shape index (κ1) is 26.7. The fraction of sp³-hybridized carbons (Fsp3) is 0.519. The van der Waals surface area contributed by atoms with Gasteiger partial charge in [-0.2, -0.15) is 0 Å². The number of hydrogen-bond donors (Lipinski definition) is 1. The molecule has 5 nitrogen and oxygen atoms in total. The summed E-state index contributed by atoms with van der Waals surface area (Å²) >= 11 is 12.9. The van der Waals surface area contributed by atoms with Crippen LogP contribution in [0.5, 0.6) is 5.75 Å². The molecular formula is C27H37Cl2N3O2. The van der Waals surface area contributed by atoms with Crippen molar-refractivity contribution in [3.63, 3.8) is 0 Å². The summed E-state index contributed by atoms with van der Waals surface area (Å²) < 4.78 is 5.87. The third-order valence-electron chi connectivity index (χ3n) is 6.60. The smallest absolute Gasteiger partial charge is 0.317 e. The van der Waals surface area contributed by atoms with Gasteiger partial charge in [-0.05, 0) is 81.6 Å². The fourth-order valence-corrected chi connectivity index (χ4v) is 4.77. The molecule has 2 aromatic carbocycles. The molecule has 2 amide bonds. The second-order valence-electron chi connectivity index (χ2n) is 9.18. The zero-order valence-corrected chi connectivity index (χ0v) is 22.0. The number of rotatable bonds is 10. The molecule has 0 radical (unpaired) electrons. The topological polar surface area (TPSA) is 44.8 Å². The zero-order chi connectivity index (χ0) is 24.5. The Balaban J connectivity index is 1.71. The SMILES string of the molecule is CCCCOc1cccc(CCC(NC(=O)N(C)C2CCN(C)CC2)c2cccc(Cl)c2Cl)c1. The van der Waals surface area contributed by atoms with Crippen LogP contribution in [0.4, 0.5) is 4.79 Å². The van der Waals surface area contributed by atoms with E-state index in [0.29, 0.717) is 16.5 Å². The van der Waals surface area contributed by atoms with E-state index < -0.39 is 0 Å². The van der Waals surface area contributed by atoms with Gasteiger partial charge in [0.1, 0.15) is 5.75 Å². The van der Waals surface area contributed by atoms with E-state index in [0.717, 1.165) is 68.7 Å². The predicted molar refractivity (Wildman–Crippen MR) is 141 cm³/mol. The minimum absolute atomic E-state index is 0.0766. The Morgan fingerprint density at radius 3 is 2.68 bits per heavy atom. The highest BCUT2D eigenvalue weighted by atomic mass is 35.5. The number of aryl methyl sites for hydroxylation is 1. The lowest BCUT2D eigenvalue weighted by Gasteiger charge is -2.36.